The first-order valence-corrected chi connectivity index (χ1v) is 5.84. The highest BCUT2D eigenvalue weighted by Crippen LogP contribution is 2.28. The number of carbonyl (C=O) groups excluding carboxylic acids is 2. The number of benzene rings is 1. The van der Waals surface area contributed by atoms with Gasteiger partial charge in [0.25, 0.3) is 5.91 Å². The van der Waals surface area contributed by atoms with Crippen molar-refractivity contribution in [3.05, 3.63) is 23.8 Å². The Morgan fingerprint density at radius 3 is 2.63 bits per heavy atom. The van der Waals surface area contributed by atoms with Gasteiger partial charge in [0, 0.05) is 25.6 Å². The number of aliphatic hydroxyl groups is 1. The molecular weight excluding hydrogens is 250 g/mol. The summed E-state index contributed by atoms with van der Waals surface area (Å²) >= 11 is 0. The first-order valence-electron chi connectivity index (χ1n) is 5.84. The molecule has 2 N–H and O–H groups in total. The van der Waals surface area contributed by atoms with Crippen LogP contribution >= 0.6 is 0 Å². The van der Waals surface area contributed by atoms with Crippen molar-refractivity contribution in [3.8, 4) is 11.5 Å². The number of aliphatic hydroxyl groups excluding tert-OH is 1. The first kappa shape index (κ1) is 15.0. The van der Waals surface area contributed by atoms with Crippen LogP contribution in [0.4, 0.5) is 0 Å². The fourth-order valence-corrected chi connectivity index (χ4v) is 1.43. The average molecular weight is 267 g/mol. The third-order valence-corrected chi connectivity index (χ3v) is 2.30. The first-order chi connectivity index (χ1) is 9.08. The van der Waals surface area contributed by atoms with Gasteiger partial charge in [-0.25, -0.2) is 0 Å². The van der Waals surface area contributed by atoms with Gasteiger partial charge in [-0.1, -0.05) is 0 Å². The second-order valence-corrected chi connectivity index (χ2v) is 3.79. The lowest BCUT2D eigenvalue weighted by Gasteiger charge is -2.10. The Bertz CT molecular complexity index is 458. The lowest BCUT2D eigenvalue weighted by Crippen LogP contribution is -2.25. The Morgan fingerprint density at radius 1 is 1.32 bits per heavy atom. The van der Waals surface area contributed by atoms with Crippen LogP contribution in [0.1, 0.15) is 23.7 Å². The van der Waals surface area contributed by atoms with Crippen molar-refractivity contribution in [1.82, 2.24) is 5.32 Å². The van der Waals surface area contributed by atoms with Crippen LogP contribution in [-0.2, 0) is 4.79 Å². The molecule has 19 heavy (non-hydrogen) atoms. The maximum absolute atomic E-state index is 11.8. The molecule has 104 valence electrons. The van der Waals surface area contributed by atoms with Crippen LogP contribution in [0.25, 0.3) is 0 Å². The number of ether oxygens (including phenoxy) is 2. The summed E-state index contributed by atoms with van der Waals surface area (Å²) in [5.74, 6) is -0.161. The Balaban J connectivity index is 2.81. The number of methoxy groups -OCH3 is 1. The van der Waals surface area contributed by atoms with Crippen LogP contribution in [0.2, 0.25) is 0 Å². The zero-order chi connectivity index (χ0) is 14.3. The summed E-state index contributed by atoms with van der Waals surface area (Å²) in [7, 11) is 1.43. The van der Waals surface area contributed by atoms with Crippen molar-refractivity contribution in [2.75, 3.05) is 20.3 Å². The van der Waals surface area contributed by atoms with E-state index >= 15 is 0 Å². The second kappa shape index (κ2) is 7.38. The predicted octanol–water partition coefficient (Wildman–Crippen LogP) is 0.733. The molecule has 6 heteroatoms. The highest BCUT2D eigenvalue weighted by molar-refractivity contribution is 5.95. The van der Waals surface area contributed by atoms with Gasteiger partial charge < -0.3 is 19.9 Å². The van der Waals surface area contributed by atoms with E-state index in [-0.39, 0.29) is 18.3 Å². The zero-order valence-electron chi connectivity index (χ0n) is 10.9. The van der Waals surface area contributed by atoms with Gasteiger partial charge in [-0.3, -0.25) is 9.59 Å². The highest BCUT2D eigenvalue weighted by Gasteiger charge is 2.12. The summed E-state index contributed by atoms with van der Waals surface area (Å²) < 4.78 is 10.0. The molecular formula is C13H17NO5. The Hall–Kier alpha value is -2.08. The number of hydrogen-bond acceptors (Lipinski definition) is 5. The molecule has 1 aromatic carbocycles. The van der Waals surface area contributed by atoms with E-state index < -0.39 is 5.97 Å². The van der Waals surface area contributed by atoms with Gasteiger partial charge in [0.05, 0.1) is 7.11 Å². The molecule has 1 amide bonds. The van der Waals surface area contributed by atoms with Crippen molar-refractivity contribution >= 4 is 11.9 Å². The molecule has 0 unspecified atom stereocenters. The van der Waals surface area contributed by atoms with Gasteiger partial charge in [0.15, 0.2) is 11.5 Å². The van der Waals surface area contributed by atoms with E-state index in [0.29, 0.717) is 24.3 Å². The Morgan fingerprint density at radius 2 is 2.05 bits per heavy atom. The summed E-state index contributed by atoms with van der Waals surface area (Å²) in [6, 6.07) is 4.53. The minimum atomic E-state index is -0.460. The number of hydrogen-bond donors (Lipinski definition) is 2. The molecule has 0 aliphatic heterocycles. The van der Waals surface area contributed by atoms with Gasteiger partial charge in [-0.05, 0) is 24.6 Å². The lowest BCUT2D eigenvalue weighted by molar-refractivity contribution is -0.132. The average Bonchev–Trinajstić information content (AvgIpc) is 2.38. The number of rotatable bonds is 6. The Labute approximate surface area is 111 Å². The monoisotopic (exact) mass is 267 g/mol. The van der Waals surface area contributed by atoms with Crippen LogP contribution in [0, 0.1) is 0 Å². The molecule has 0 saturated carbocycles. The molecule has 0 atom stereocenters. The lowest BCUT2D eigenvalue weighted by atomic mass is 10.2. The summed E-state index contributed by atoms with van der Waals surface area (Å²) in [6.07, 6.45) is 0.494. The molecule has 0 spiro atoms. The van der Waals surface area contributed by atoms with E-state index in [4.69, 9.17) is 14.6 Å². The van der Waals surface area contributed by atoms with Gasteiger partial charge in [-0.2, -0.15) is 0 Å². The molecule has 0 radical (unpaired) electrons. The standard InChI is InChI=1S/C13H17NO5/c1-9(16)19-11-5-4-10(8-12(11)18-2)13(17)14-6-3-7-15/h4-5,8,15H,3,6-7H2,1-2H3,(H,14,17). The third kappa shape index (κ3) is 4.59. The van der Waals surface area contributed by atoms with E-state index in [1.165, 1.54) is 32.2 Å². The van der Waals surface area contributed by atoms with E-state index in [9.17, 15) is 9.59 Å². The fourth-order valence-electron chi connectivity index (χ4n) is 1.43. The van der Waals surface area contributed by atoms with Crippen molar-refractivity contribution in [3.63, 3.8) is 0 Å². The largest absolute Gasteiger partial charge is 0.493 e. The van der Waals surface area contributed by atoms with Gasteiger partial charge >= 0.3 is 5.97 Å². The topological polar surface area (TPSA) is 84.9 Å². The van der Waals surface area contributed by atoms with Crippen LogP contribution in [0.5, 0.6) is 11.5 Å². The summed E-state index contributed by atoms with van der Waals surface area (Å²) in [6.45, 7) is 1.70. The van der Waals surface area contributed by atoms with E-state index in [1.54, 1.807) is 0 Å². The van der Waals surface area contributed by atoms with Crippen LogP contribution < -0.4 is 14.8 Å². The van der Waals surface area contributed by atoms with Crippen molar-refractivity contribution in [1.29, 1.82) is 0 Å². The maximum Gasteiger partial charge on any atom is 0.308 e. The molecule has 0 heterocycles. The van der Waals surface area contributed by atoms with Crippen LogP contribution in [0.15, 0.2) is 18.2 Å². The number of amides is 1. The highest BCUT2D eigenvalue weighted by atomic mass is 16.6. The molecule has 0 aromatic heterocycles. The summed E-state index contributed by atoms with van der Waals surface area (Å²) in [5, 5.41) is 11.3. The second-order valence-electron chi connectivity index (χ2n) is 3.79. The zero-order valence-corrected chi connectivity index (χ0v) is 10.9. The molecule has 6 nitrogen and oxygen atoms in total. The third-order valence-electron chi connectivity index (χ3n) is 2.30. The minimum absolute atomic E-state index is 0.0228. The minimum Gasteiger partial charge on any atom is -0.493 e. The summed E-state index contributed by atoms with van der Waals surface area (Å²) in [4.78, 5) is 22.7. The van der Waals surface area contributed by atoms with Crippen LogP contribution in [-0.4, -0.2) is 37.2 Å². The van der Waals surface area contributed by atoms with E-state index in [1.807, 2.05) is 0 Å². The van der Waals surface area contributed by atoms with Gasteiger partial charge in [0.2, 0.25) is 0 Å². The fraction of sp³-hybridized carbons (Fsp3) is 0.385. The van der Waals surface area contributed by atoms with Crippen molar-refractivity contribution in [2.24, 2.45) is 0 Å². The molecule has 0 aliphatic carbocycles. The van der Waals surface area contributed by atoms with Crippen molar-refractivity contribution in [2.45, 2.75) is 13.3 Å². The van der Waals surface area contributed by atoms with E-state index in [0.717, 1.165) is 0 Å². The molecule has 0 fully saturated rings. The molecule has 1 aromatic rings. The molecule has 0 bridgehead atoms. The number of nitrogens with one attached hydrogen (secondary N) is 1. The van der Waals surface area contributed by atoms with Gasteiger partial charge in [0.1, 0.15) is 0 Å². The van der Waals surface area contributed by atoms with Crippen LogP contribution in [0.3, 0.4) is 0 Å². The Kier molecular flexibility index (Phi) is 5.81. The molecule has 1 rings (SSSR count). The summed E-state index contributed by atoms with van der Waals surface area (Å²) in [5.41, 5.74) is 0.394. The normalized spacial score (nSPS) is 9.84. The van der Waals surface area contributed by atoms with Gasteiger partial charge in [-0.15, -0.1) is 0 Å². The molecule has 0 saturated heterocycles. The number of esters is 1. The maximum atomic E-state index is 11.8. The smallest absolute Gasteiger partial charge is 0.308 e. The number of carbonyl (C=O) groups is 2. The quantitative estimate of drug-likeness (QED) is 0.451. The predicted molar refractivity (Wildman–Crippen MR) is 68.3 cm³/mol. The SMILES string of the molecule is COc1cc(C(=O)NCCCO)ccc1OC(C)=O. The van der Waals surface area contributed by atoms with E-state index in [2.05, 4.69) is 5.32 Å². The van der Waals surface area contributed by atoms with Crippen molar-refractivity contribution < 1.29 is 24.2 Å². The molecule has 0 aliphatic rings.